The van der Waals surface area contributed by atoms with E-state index >= 15 is 0 Å². The van der Waals surface area contributed by atoms with E-state index in [2.05, 4.69) is 15.0 Å². The van der Waals surface area contributed by atoms with Gasteiger partial charge in [0.2, 0.25) is 5.91 Å². The molecule has 0 spiro atoms. The molecular weight excluding hydrogens is 274 g/mol. The number of carbonyl (C=O) groups excluding carboxylic acids is 2. The quantitative estimate of drug-likeness (QED) is 0.847. The predicted octanol–water partition coefficient (Wildman–Crippen LogP) is 3.36. The molecule has 1 amide bonds. The van der Waals surface area contributed by atoms with E-state index in [0.29, 0.717) is 11.3 Å². The lowest BCUT2D eigenvalue weighted by atomic mass is 10.2. The van der Waals surface area contributed by atoms with Crippen molar-refractivity contribution in [2.24, 2.45) is 0 Å². The van der Waals surface area contributed by atoms with E-state index in [1.54, 1.807) is 12.1 Å². The standard InChI is InChI=1S/C14H15N3O2S/c1-8-13(9(2)18)14(20-17-8)16-12-6-4-5-11(7-12)15-10(3)19/h4-7,16H,1-3H3,(H,15,19). The highest BCUT2D eigenvalue weighted by Crippen LogP contribution is 2.29. The molecule has 104 valence electrons. The number of aryl methyl sites for hydroxylation is 1. The van der Waals surface area contributed by atoms with Crippen LogP contribution < -0.4 is 10.6 Å². The average Bonchev–Trinajstić information content (AvgIpc) is 2.70. The maximum Gasteiger partial charge on any atom is 0.221 e. The largest absolute Gasteiger partial charge is 0.345 e. The minimum Gasteiger partial charge on any atom is -0.345 e. The van der Waals surface area contributed by atoms with Gasteiger partial charge in [-0.05, 0) is 43.6 Å². The number of rotatable bonds is 4. The maximum absolute atomic E-state index is 11.6. The fourth-order valence-electron chi connectivity index (χ4n) is 1.88. The van der Waals surface area contributed by atoms with Crippen molar-refractivity contribution in [1.82, 2.24) is 4.37 Å². The zero-order valence-corrected chi connectivity index (χ0v) is 12.3. The Labute approximate surface area is 121 Å². The van der Waals surface area contributed by atoms with Crippen LogP contribution in [0.3, 0.4) is 0 Å². The topological polar surface area (TPSA) is 71.1 Å². The third-order valence-corrected chi connectivity index (χ3v) is 3.51. The number of benzene rings is 1. The molecule has 0 fully saturated rings. The fraction of sp³-hybridized carbons (Fsp3) is 0.214. The lowest BCUT2D eigenvalue weighted by Crippen LogP contribution is -2.05. The number of hydrogen-bond acceptors (Lipinski definition) is 5. The van der Waals surface area contributed by atoms with Crippen LogP contribution in [0.1, 0.15) is 29.9 Å². The smallest absolute Gasteiger partial charge is 0.221 e. The molecule has 0 bridgehead atoms. The molecule has 6 heteroatoms. The first-order valence-corrected chi connectivity index (χ1v) is 6.86. The van der Waals surface area contributed by atoms with Crippen molar-refractivity contribution in [2.75, 3.05) is 10.6 Å². The third kappa shape index (κ3) is 3.21. The minimum atomic E-state index is -0.125. The first kappa shape index (κ1) is 14.2. The summed E-state index contributed by atoms with van der Waals surface area (Å²) in [4.78, 5) is 22.7. The van der Waals surface area contributed by atoms with Gasteiger partial charge in [-0.2, -0.15) is 4.37 Å². The van der Waals surface area contributed by atoms with Gasteiger partial charge >= 0.3 is 0 Å². The molecule has 2 aromatic rings. The molecule has 1 aromatic heterocycles. The molecule has 0 radical (unpaired) electrons. The van der Waals surface area contributed by atoms with Crippen LogP contribution in [0, 0.1) is 6.92 Å². The molecular formula is C14H15N3O2S. The number of aromatic nitrogens is 1. The summed E-state index contributed by atoms with van der Waals surface area (Å²) in [6.07, 6.45) is 0. The monoisotopic (exact) mass is 289 g/mol. The first-order chi connectivity index (χ1) is 9.47. The van der Waals surface area contributed by atoms with Crippen LogP contribution in [0.2, 0.25) is 0 Å². The molecule has 0 aliphatic carbocycles. The molecule has 2 N–H and O–H groups in total. The van der Waals surface area contributed by atoms with Crippen LogP contribution in [-0.4, -0.2) is 16.1 Å². The van der Waals surface area contributed by atoms with E-state index in [-0.39, 0.29) is 11.7 Å². The highest BCUT2D eigenvalue weighted by Gasteiger charge is 2.14. The number of ketones is 1. The number of anilines is 3. The number of hydrogen-bond donors (Lipinski definition) is 2. The summed E-state index contributed by atoms with van der Waals surface area (Å²) in [5, 5.41) is 6.61. The Kier molecular flexibility index (Phi) is 4.14. The number of Topliss-reactive ketones (excluding diaryl/α,β-unsaturated/α-hetero) is 1. The summed E-state index contributed by atoms with van der Waals surface area (Å²) in [7, 11) is 0. The summed E-state index contributed by atoms with van der Waals surface area (Å²) in [6.45, 7) is 4.79. The van der Waals surface area contributed by atoms with E-state index in [1.807, 2.05) is 19.1 Å². The van der Waals surface area contributed by atoms with Crippen LogP contribution in [0.5, 0.6) is 0 Å². The minimum absolute atomic E-state index is 0.0169. The number of amides is 1. The Balaban J connectivity index is 2.26. The Morgan fingerprint density at radius 3 is 2.55 bits per heavy atom. The molecule has 1 heterocycles. The van der Waals surface area contributed by atoms with E-state index in [4.69, 9.17) is 0 Å². The zero-order chi connectivity index (χ0) is 14.7. The predicted molar refractivity (Wildman–Crippen MR) is 80.9 cm³/mol. The Hall–Kier alpha value is -2.21. The SMILES string of the molecule is CC(=O)Nc1cccc(Nc2snc(C)c2C(C)=O)c1. The van der Waals surface area contributed by atoms with Gasteiger partial charge in [-0.1, -0.05) is 6.07 Å². The lowest BCUT2D eigenvalue weighted by Gasteiger charge is -2.08. The van der Waals surface area contributed by atoms with Gasteiger partial charge in [-0.3, -0.25) is 9.59 Å². The summed E-state index contributed by atoms with van der Waals surface area (Å²) in [6, 6.07) is 7.30. The highest BCUT2D eigenvalue weighted by molar-refractivity contribution is 7.10. The molecule has 1 aromatic carbocycles. The van der Waals surface area contributed by atoms with Gasteiger partial charge in [-0.15, -0.1) is 0 Å². The van der Waals surface area contributed by atoms with Gasteiger partial charge in [0.05, 0.1) is 11.3 Å². The van der Waals surface area contributed by atoms with E-state index < -0.39 is 0 Å². The van der Waals surface area contributed by atoms with Crippen molar-refractivity contribution < 1.29 is 9.59 Å². The molecule has 5 nitrogen and oxygen atoms in total. The first-order valence-electron chi connectivity index (χ1n) is 6.09. The highest BCUT2D eigenvalue weighted by atomic mass is 32.1. The molecule has 0 aliphatic rings. The molecule has 2 rings (SSSR count). The van der Waals surface area contributed by atoms with Gasteiger partial charge in [0.15, 0.2) is 5.78 Å². The van der Waals surface area contributed by atoms with Crippen molar-refractivity contribution >= 4 is 39.6 Å². The average molecular weight is 289 g/mol. The van der Waals surface area contributed by atoms with Crippen LogP contribution in [0.15, 0.2) is 24.3 Å². The van der Waals surface area contributed by atoms with Crippen molar-refractivity contribution in [3.05, 3.63) is 35.5 Å². The van der Waals surface area contributed by atoms with E-state index in [0.717, 1.165) is 16.4 Å². The van der Waals surface area contributed by atoms with Gasteiger partial charge in [0.25, 0.3) is 0 Å². The number of carbonyl (C=O) groups is 2. The van der Waals surface area contributed by atoms with E-state index in [1.165, 1.54) is 25.4 Å². The van der Waals surface area contributed by atoms with Crippen molar-refractivity contribution in [2.45, 2.75) is 20.8 Å². The van der Waals surface area contributed by atoms with Gasteiger partial charge in [0.1, 0.15) is 5.00 Å². The second-order valence-electron chi connectivity index (χ2n) is 4.42. The van der Waals surface area contributed by atoms with Crippen molar-refractivity contribution in [3.8, 4) is 0 Å². The summed E-state index contributed by atoms with van der Waals surface area (Å²) < 4.78 is 4.19. The molecule has 0 saturated carbocycles. The Morgan fingerprint density at radius 2 is 1.90 bits per heavy atom. The summed E-state index contributed by atoms with van der Waals surface area (Å²) in [5.41, 5.74) is 2.83. The van der Waals surface area contributed by atoms with Crippen LogP contribution in [-0.2, 0) is 4.79 Å². The molecule has 0 atom stereocenters. The number of nitrogens with one attached hydrogen (secondary N) is 2. The molecule has 20 heavy (non-hydrogen) atoms. The van der Waals surface area contributed by atoms with Gasteiger partial charge < -0.3 is 10.6 Å². The van der Waals surface area contributed by atoms with Gasteiger partial charge in [0, 0.05) is 18.3 Å². The third-order valence-electron chi connectivity index (χ3n) is 2.66. The van der Waals surface area contributed by atoms with Crippen LogP contribution in [0.4, 0.5) is 16.4 Å². The van der Waals surface area contributed by atoms with Crippen LogP contribution in [0.25, 0.3) is 0 Å². The molecule has 0 unspecified atom stereocenters. The van der Waals surface area contributed by atoms with Crippen molar-refractivity contribution in [1.29, 1.82) is 0 Å². The lowest BCUT2D eigenvalue weighted by molar-refractivity contribution is -0.114. The second-order valence-corrected chi connectivity index (χ2v) is 5.19. The van der Waals surface area contributed by atoms with Crippen LogP contribution >= 0.6 is 11.5 Å². The second kappa shape index (κ2) is 5.83. The number of nitrogens with zero attached hydrogens (tertiary/aromatic N) is 1. The van der Waals surface area contributed by atoms with Crippen molar-refractivity contribution in [3.63, 3.8) is 0 Å². The Morgan fingerprint density at radius 1 is 1.20 bits per heavy atom. The molecule has 0 aliphatic heterocycles. The van der Waals surface area contributed by atoms with Gasteiger partial charge in [-0.25, -0.2) is 0 Å². The maximum atomic E-state index is 11.6. The normalized spacial score (nSPS) is 10.2. The van der Waals surface area contributed by atoms with E-state index in [9.17, 15) is 9.59 Å². The summed E-state index contributed by atoms with van der Waals surface area (Å²) >= 11 is 1.25. The fourth-order valence-corrected chi connectivity index (χ4v) is 2.74. The molecule has 0 saturated heterocycles. The summed E-state index contributed by atoms with van der Waals surface area (Å²) in [5.74, 6) is -0.142. The zero-order valence-electron chi connectivity index (χ0n) is 11.5. The Bertz CT molecular complexity index is 664.